The first-order valence-corrected chi connectivity index (χ1v) is 7.06. The first kappa shape index (κ1) is 15.8. The third kappa shape index (κ3) is 3.18. The smallest absolute Gasteiger partial charge is 0.240 e. The fraction of sp³-hybridized carbons (Fsp3) is 0.929. The van der Waals surface area contributed by atoms with Crippen molar-refractivity contribution in [1.29, 1.82) is 0 Å². The number of nitrogens with two attached hydrogens (primary N) is 1. The molecule has 4 heteroatoms. The summed E-state index contributed by atoms with van der Waals surface area (Å²) in [5.41, 5.74) is 6.01. The van der Waals surface area contributed by atoms with Crippen molar-refractivity contribution in [2.24, 2.45) is 17.1 Å². The Labute approximate surface area is 117 Å². The molecule has 2 aliphatic carbocycles. The van der Waals surface area contributed by atoms with E-state index in [0.717, 1.165) is 32.2 Å². The van der Waals surface area contributed by atoms with Gasteiger partial charge < -0.3 is 11.1 Å². The molecule has 0 bridgehead atoms. The molecule has 0 heterocycles. The van der Waals surface area contributed by atoms with Gasteiger partial charge in [0.1, 0.15) is 0 Å². The monoisotopic (exact) mass is 274 g/mol. The van der Waals surface area contributed by atoms with E-state index in [-0.39, 0.29) is 18.3 Å². The second-order valence-electron chi connectivity index (χ2n) is 6.42. The van der Waals surface area contributed by atoms with Gasteiger partial charge in [0.05, 0.1) is 5.54 Å². The van der Waals surface area contributed by atoms with Crippen molar-refractivity contribution < 1.29 is 4.79 Å². The van der Waals surface area contributed by atoms with Crippen LogP contribution in [0.4, 0.5) is 0 Å². The summed E-state index contributed by atoms with van der Waals surface area (Å²) >= 11 is 0. The topological polar surface area (TPSA) is 55.1 Å². The summed E-state index contributed by atoms with van der Waals surface area (Å²) in [6, 6.07) is 0. The van der Waals surface area contributed by atoms with Crippen molar-refractivity contribution in [3.8, 4) is 0 Å². The number of nitrogens with one attached hydrogen (secondary N) is 1. The average molecular weight is 275 g/mol. The van der Waals surface area contributed by atoms with Crippen LogP contribution in [-0.4, -0.2) is 18.0 Å². The van der Waals surface area contributed by atoms with Crippen LogP contribution in [0.1, 0.15) is 58.8 Å². The largest absolute Gasteiger partial charge is 0.354 e. The highest BCUT2D eigenvalue weighted by atomic mass is 35.5. The van der Waals surface area contributed by atoms with E-state index in [1.54, 1.807) is 0 Å². The van der Waals surface area contributed by atoms with Crippen molar-refractivity contribution in [2.75, 3.05) is 6.54 Å². The second kappa shape index (κ2) is 5.79. The molecule has 1 amide bonds. The molecule has 3 N–H and O–H groups in total. The van der Waals surface area contributed by atoms with Crippen LogP contribution >= 0.6 is 12.4 Å². The predicted octanol–water partition coefficient (Wildman–Crippen LogP) is 2.62. The van der Waals surface area contributed by atoms with Crippen molar-refractivity contribution >= 4 is 18.3 Å². The summed E-state index contributed by atoms with van der Waals surface area (Å²) in [6.07, 6.45) is 7.63. The van der Waals surface area contributed by atoms with Crippen molar-refractivity contribution in [2.45, 2.75) is 64.3 Å². The van der Waals surface area contributed by atoms with Gasteiger partial charge in [0.15, 0.2) is 0 Å². The zero-order valence-electron chi connectivity index (χ0n) is 11.6. The molecule has 2 saturated carbocycles. The predicted molar refractivity (Wildman–Crippen MR) is 76.8 cm³/mol. The quantitative estimate of drug-likeness (QED) is 0.828. The molecule has 0 aromatic heterocycles. The molecule has 0 aromatic carbocycles. The summed E-state index contributed by atoms with van der Waals surface area (Å²) in [4.78, 5) is 12.2. The number of carbonyl (C=O) groups is 1. The van der Waals surface area contributed by atoms with Gasteiger partial charge in [0.2, 0.25) is 5.91 Å². The lowest BCUT2D eigenvalue weighted by Crippen LogP contribution is -2.56. The van der Waals surface area contributed by atoms with Crippen LogP contribution in [0.2, 0.25) is 0 Å². The van der Waals surface area contributed by atoms with E-state index in [1.165, 1.54) is 19.3 Å². The molecule has 0 saturated heterocycles. The third-order valence-corrected chi connectivity index (χ3v) is 4.92. The van der Waals surface area contributed by atoms with E-state index < -0.39 is 5.54 Å². The Hall–Kier alpha value is -0.280. The minimum atomic E-state index is -0.578. The molecule has 0 radical (unpaired) electrons. The number of hydrogen-bond acceptors (Lipinski definition) is 2. The summed E-state index contributed by atoms with van der Waals surface area (Å²) in [6.45, 7) is 5.32. The number of halogens is 1. The van der Waals surface area contributed by atoms with Gasteiger partial charge in [-0.2, -0.15) is 0 Å². The number of carbonyl (C=O) groups excluding carboxylic acids is 1. The van der Waals surface area contributed by atoms with Crippen LogP contribution in [0.15, 0.2) is 0 Å². The molecule has 2 rings (SSSR count). The highest BCUT2D eigenvalue weighted by molar-refractivity contribution is 5.86. The summed E-state index contributed by atoms with van der Waals surface area (Å²) < 4.78 is 0. The number of hydrogen-bond donors (Lipinski definition) is 2. The van der Waals surface area contributed by atoms with E-state index in [1.807, 2.05) is 0 Å². The minimum absolute atomic E-state index is 0. The van der Waals surface area contributed by atoms with E-state index in [9.17, 15) is 4.79 Å². The van der Waals surface area contributed by atoms with Gasteiger partial charge in [0.25, 0.3) is 0 Å². The highest BCUT2D eigenvalue weighted by Crippen LogP contribution is 2.51. The van der Waals surface area contributed by atoms with Gasteiger partial charge in [-0.25, -0.2) is 0 Å². The van der Waals surface area contributed by atoms with Crippen LogP contribution in [-0.2, 0) is 4.79 Å². The molecule has 0 unspecified atom stereocenters. The first-order valence-electron chi connectivity index (χ1n) is 7.06. The normalized spacial score (nSPS) is 24.2. The van der Waals surface area contributed by atoms with Gasteiger partial charge in [-0.3, -0.25) is 4.79 Å². The van der Waals surface area contributed by atoms with Crippen molar-refractivity contribution in [3.63, 3.8) is 0 Å². The van der Waals surface area contributed by atoms with E-state index in [4.69, 9.17) is 5.73 Å². The lowest BCUT2D eigenvalue weighted by Gasteiger charge is -2.33. The highest BCUT2D eigenvalue weighted by Gasteiger charge is 2.46. The molecule has 0 spiro atoms. The molecular weight excluding hydrogens is 248 g/mol. The maximum atomic E-state index is 12.2. The molecule has 2 fully saturated rings. The fourth-order valence-electron chi connectivity index (χ4n) is 2.96. The average Bonchev–Trinajstić information content (AvgIpc) is 3.08. The van der Waals surface area contributed by atoms with E-state index in [2.05, 4.69) is 19.2 Å². The van der Waals surface area contributed by atoms with Gasteiger partial charge in [0, 0.05) is 6.54 Å². The lowest BCUT2D eigenvalue weighted by molar-refractivity contribution is -0.127. The first-order chi connectivity index (χ1) is 7.99. The maximum Gasteiger partial charge on any atom is 0.240 e. The molecule has 3 nitrogen and oxygen atoms in total. The Balaban J connectivity index is 0.00000162. The molecule has 2 aliphatic rings. The van der Waals surface area contributed by atoms with Gasteiger partial charge in [-0.15, -0.1) is 12.4 Å². The van der Waals surface area contributed by atoms with Crippen LogP contribution in [0.3, 0.4) is 0 Å². The van der Waals surface area contributed by atoms with Gasteiger partial charge >= 0.3 is 0 Å². The van der Waals surface area contributed by atoms with Crippen LogP contribution in [0.5, 0.6) is 0 Å². The lowest BCUT2D eigenvalue weighted by atomic mass is 9.81. The van der Waals surface area contributed by atoms with Crippen molar-refractivity contribution in [1.82, 2.24) is 5.32 Å². The van der Waals surface area contributed by atoms with Gasteiger partial charge in [-0.1, -0.05) is 33.1 Å². The molecule has 106 valence electrons. The molecule has 18 heavy (non-hydrogen) atoms. The Morgan fingerprint density at radius 3 is 2.17 bits per heavy atom. The molecule has 0 aliphatic heterocycles. The fourth-order valence-corrected chi connectivity index (χ4v) is 2.96. The number of amides is 1. The summed E-state index contributed by atoms with van der Waals surface area (Å²) in [5, 5.41) is 3.11. The Bertz CT molecular complexity index is 294. The van der Waals surface area contributed by atoms with Gasteiger partial charge in [-0.05, 0) is 37.0 Å². The zero-order chi connectivity index (χ0) is 12.5. The van der Waals surface area contributed by atoms with Crippen LogP contribution in [0, 0.1) is 11.3 Å². The summed E-state index contributed by atoms with van der Waals surface area (Å²) in [7, 11) is 0. The standard InChI is InChI=1S/C14H26N2O.ClH/c1-11(2)13(8-9-13)10-16-12(17)14(15)6-4-3-5-7-14;/h11H,3-10,15H2,1-2H3,(H,16,17);1H. The van der Waals surface area contributed by atoms with E-state index in [0.29, 0.717) is 11.3 Å². The maximum absolute atomic E-state index is 12.2. The molecular formula is C14H27ClN2O. The number of rotatable bonds is 4. The third-order valence-electron chi connectivity index (χ3n) is 4.92. The van der Waals surface area contributed by atoms with Crippen LogP contribution in [0.25, 0.3) is 0 Å². The second-order valence-corrected chi connectivity index (χ2v) is 6.42. The minimum Gasteiger partial charge on any atom is -0.354 e. The SMILES string of the molecule is CC(C)C1(CNC(=O)C2(N)CCCCC2)CC1.Cl. The zero-order valence-corrected chi connectivity index (χ0v) is 12.4. The van der Waals surface area contributed by atoms with E-state index >= 15 is 0 Å². The Morgan fingerprint density at radius 1 is 1.17 bits per heavy atom. The molecule has 0 atom stereocenters. The van der Waals surface area contributed by atoms with Crippen LogP contribution < -0.4 is 11.1 Å². The summed E-state index contributed by atoms with van der Waals surface area (Å²) in [5.74, 6) is 0.743. The molecule has 0 aromatic rings. The Kier molecular flexibility index (Phi) is 5.07. The Morgan fingerprint density at radius 2 is 1.72 bits per heavy atom. The van der Waals surface area contributed by atoms with Crippen molar-refractivity contribution in [3.05, 3.63) is 0 Å².